The molecule has 2 aromatic rings. The fourth-order valence-corrected chi connectivity index (χ4v) is 2.88. The van der Waals surface area contributed by atoms with E-state index in [1.165, 1.54) is 0 Å². The molecule has 0 heterocycles. The van der Waals surface area contributed by atoms with E-state index in [1.807, 2.05) is 43.3 Å². The fraction of sp³-hybridized carbons (Fsp3) is 0.200. The molecule has 0 aliphatic heterocycles. The summed E-state index contributed by atoms with van der Waals surface area (Å²) in [6, 6.07) is 12.0. The van der Waals surface area contributed by atoms with Crippen LogP contribution in [-0.4, -0.2) is 0 Å². The van der Waals surface area contributed by atoms with E-state index in [1.54, 1.807) is 0 Å². The minimum Gasteiger partial charge on any atom is -0.378 e. The second-order valence-electron chi connectivity index (χ2n) is 4.50. The van der Waals surface area contributed by atoms with Crippen LogP contribution in [0.15, 0.2) is 40.9 Å². The summed E-state index contributed by atoms with van der Waals surface area (Å²) < 4.78 is 0.979. The first-order valence-corrected chi connectivity index (χ1v) is 7.50. The Hall–Kier alpha value is -0.700. The molecule has 2 aromatic carbocycles. The van der Waals surface area contributed by atoms with Crippen molar-refractivity contribution >= 4 is 44.8 Å². The van der Waals surface area contributed by atoms with Gasteiger partial charge in [-0.05, 0) is 49.2 Å². The zero-order chi connectivity index (χ0) is 14.0. The maximum Gasteiger partial charge on any atom is 0.0500 e. The van der Waals surface area contributed by atoms with E-state index in [4.69, 9.17) is 23.2 Å². The van der Waals surface area contributed by atoms with Crippen LogP contribution in [0, 0.1) is 6.92 Å². The van der Waals surface area contributed by atoms with Gasteiger partial charge < -0.3 is 5.32 Å². The lowest BCUT2D eigenvalue weighted by Gasteiger charge is -2.17. The Kier molecular flexibility index (Phi) is 4.77. The van der Waals surface area contributed by atoms with Crippen LogP contribution in [0.2, 0.25) is 10.0 Å². The maximum absolute atomic E-state index is 6.25. The maximum atomic E-state index is 6.25. The van der Waals surface area contributed by atoms with Gasteiger partial charge in [-0.25, -0.2) is 0 Å². The zero-order valence-electron chi connectivity index (χ0n) is 10.7. The van der Waals surface area contributed by atoms with E-state index in [9.17, 15) is 0 Å². The van der Waals surface area contributed by atoms with Crippen LogP contribution in [0.4, 0.5) is 5.69 Å². The summed E-state index contributed by atoms with van der Waals surface area (Å²) >= 11 is 15.8. The third-order valence-corrected chi connectivity index (χ3v) is 4.21. The lowest BCUT2D eigenvalue weighted by Crippen LogP contribution is -2.07. The number of halogens is 3. The molecule has 1 atom stereocenters. The fourth-order valence-electron chi connectivity index (χ4n) is 1.86. The van der Waals surface area contributed by atoms with Crippen molar-refractivity contribution in [2.75, 3.05) is 5.32 Å². The topological polar surface area (TPSA) is 12.0 Å². The molecule has 0 amide bonds. The first-order chi connectivity index (χ1) is 8.97. The summed E-state index contributed by atoms with van der Waals surface area (Å²) in [6.07, 6.45) is 0. The molecule has 19 heavy (non-hydrogen) atoms. The summed E-state index contributed by atoms with van der Waals surface area (Å²) in [4.78, 5) is 0. The normalized spacial score (nSPS) is 12.3. The molecule has 1 nitrogen and oxygen atoms in total. The molecular weight excluding hydrogens is 345 g/mol. The molecule has 4 heteroatoms. The molecular formula is C15H14BrCl2N. The molecule has 0 aromatic heterocycles. The number of nitrogens with one attached hydrogen (secondary N) is 1. The van der Waals surface area contributed by atoms with Gasteiger partial charge in [-0.2, -0.15) is 0 Å². The Labute approximate surface area is 132 Å². The van der Waals surface area contributed by atoms with Crippen molar-refractivity contribution in [1.29, 1.82) is 0 Å². The highest BCUT2D eigenvalue weighted by molar-refractivity contribution is 9.10. The molecule has 100 valence electrons. The van der Waals surface area contributed by atoms with E-state index >= 15 is 0 Å². The van der Waals surface area contributed by atoms with Crippen LogP contribution in [0.3, 0.4) is 0 Å². The van der Waals surface area contributed by atoms with E-state index in [-0.39, 0.29) is 6.04 Å². The van der Waals surface area contributed by atoms with E-state index in [2.05, 4.69) is 28.2 Å². The first kappa shape index (κ1) is 14.7. The quantitative estimate of drug-likeness (QED) is 0.684. The number of anilines is 1. The second-order valence-corrected chi connectivity index (χ2v) is 6.23. The highest BCUT2D eigenvalue weighted by Gasteiger charge is 2.10. The van der Waals surface area contributed by atoms with Crippen molar-refractivity contribution in [1.82, 2.24) is 0 Å². The van der Waals surface area contributed by atoms with Crippen molar-refractivity contribution in [3.8, 4) is 0 Å². The second kappa shape index (κ2) is 6.17. The third kappa shape index (κ3) is 3.65. The lowest BCUT2D eigenvalue weighted by molar-refractivity contribution is 0.884. The number of hydrogen-bond acceptors (Lipinski definition) is 1. The van der Waals surface area contributed by atoms with Gasteiger partial charge >= 0.3 is 0 Å². The summed E-state index contributed by atoms with van der Waals surface area (Å²) in [5.74, 6) is 0. The number of rotatable bonds is 3. The average molecular weight is 359 g/mol. The lowest BCUT2D eigenvalue weighted by atomic mass is 10.1. The van der Waals surface area contributed by atoms with Crippen LogP contribution in [0.5, 0.6) is 0 Å². The van der Waals surface area contributed by atoms with Crippen LogP contribution in [0.1, 0.15) is 24.1 Å². The van der Waals surface area contributed by atoms with Gasteiger partial charge in [-0.1, -0.05) is 51.3 Å². The molecule has 0 spiro atoms. The van der Waals surface area contributed by atoms with Crippen molar-refractivity contribution in [2.24, 2.45) is 0 Å². The molecule has 0 aliphatic carbocycles. The SMILES string of the molecule is Cc1ccc(NC(C)c2ccc(Br)cc2Cl)cc1Cl. The van der Waals surface area contributed by atoms with Gasteiger partial charge in [0, 0.05) is 26.2 Å². The summed E-state index contributed by atoms with van der Waals surface area (Å²) in [7, 11) is 0. The van der Waals surface area contributed by atoms with Gasteiger partial charge in [0.1, 0.15) is 0 Å². The Morgan fingerprint density at radius 3 is 2.42 bits per heavy atom. The zero-order valence-corrected chi connectivity index (χ0v) is 13.8. The Morgan fingerprint density at radius 2 is 1.79 bits per heavy atom. The van der Waals surface area contributed by atoms with Crippen LogP contribution in [0.25, 0.3) is 0 Å². The highest BCUT2D eigenvalue weighted by atomic mass is 79.9. The number of hydrogen-bond donors (Lipinski definition) is 1. The standard InChI is InChI=1S/C15H14BrCl2N/c1-9-3-5-12(8-14(9)17)19-10(2)13-6-4-11(16)7-15(13)18/h3-8,10,19H,1-2H3. The van der Waals surface area contributed by atoms with Gasteiger partial charge in [-0.15, -0.1) is 0 Å². The minimum atomic E-state index is 0.111. The van der Waals surface area contributed by atoms with Crippen LogP contribution >= 0.6 is 39.1 Å². The van der Waals surface area contributed by atoms with Crippen molar-refractivity contribution in [3.63, 3.8) is 0 Å². The first-order valence-electron chi connectivity index (χ1n) is 5.95. The summed E-state index contributed by atoms with van der Waals surface area (Å²) in [6.45, 7) is 4.06. The molecule has 0 fully saturated rings. The molecule has 0 saturated carbocycles. The smallest absolute Gasteiger partial charge is 0.0500 e. The largest absolute Gasteiger partial charge is 0.378 e. The van der Waals surface area contributed by atoms with Crippen LogP contribution in [-0.2, 0) is 0 Å². The summed E-state index contributed by atoms with van der Waals surface area (Å²) in [5.41, 5.74) is 3.12. The minimum absolute atomic E-state index is 0.111. The van der Waals surface area contributed by atoms with Crippen LogP contribution < -0.4 is 5.32 Å². The number of aryl methyl sites for hydroxylation is 1. The Morgan fingerprint density at radius 1 is 1.05 bits per heavy atom. The van der Waals surface area contributed by atoms with E-state index in [0.29, 0.717) is 0 Å². The molecule has 0 radical (unpaired) electrons. The molecule has 0 saturated heterocycles. The van der Waals surface area contributed by atoms with Crippen molar-refractivity contribution in [2.45, 2.75) is 19.9 Å². The monoisotopic (exact) mass is 357 g/mol. The Bertz CT molecular complexity index is 599. The average Bonchev–Trinajstić information content (AvgIpc) is 2.33. The molecule has 1 unspecified atom stereocenters. The van der Waals surface area contributed by atoms with Crippen molar-refractivity contribution in [3.05, 3.63) is 62.0 Å². The van der Waals surface area contributed by atoms with Gasteiger partial charge in [0.15, 0.2) is 0 Å². The van der Waals surface area contributed by atoms with Gasteiger partial charge in [-0.3, -0.25) is 0 Å². The highest BCUT2D eigenvalue weighted by Crippen LogP contribution is 2.29. The van der Waals surface area contributed by atoms with Gasteiger partial charge in [0.2, 0.25) is 0 Å². The van der Waals surface area contributed by atoms with Crippen molar-refractivity contribution < 1.29 is 0 Å². The van der Waals surface area contributed by atoms with E-state index in [0.717, 1.165) is 31.3 Å². The predicted octanol–water partition coefficient (Wildman–Crippen LogP) is 6.24. The molecule has 0 aliphatic rings. The predicted molar refractivity (Wildman–Crippen MR) is 87.4 cm³/mol. The number of benzene rings is 2. The molecule has 1 N–H and O–H groups in total. The Balaban J connectivity index is 2.20. The van der Waals surface area contributed by atoms with Gasteiger partial charge in [0.25, 0.3) is 0 Å². The third-order valence-electron chi connectivity index (χ3n) is 2.98. The molecule has 2 rings (SSSR count). The van der Waals surface area contributed by atoms with Gasteiger partial charge in [0.05, 0.1) is 0 Å². The van der Waals surface area contributed by atoms with E-state index < -0.39 is 0 Å². The molecule has 0 bridgehead atoms. The summed E-state index contributed by atoms with van der Waals surface area (Å²) in [5, 5.41) is 4.91.